The highest BCUT2D eigenvalue weighted by molar-refractivity contribution is 5.70. The molecule has 0 aromatic carbocycles. The summed E-state index contributed by atoms with van der Waals surface area (Å²) in [6.45, 7) is 7.35. The van der Waals surface area contributed by atoms with Crippen LogP contribution < -0.4 is 5.32 Å². The molecular weight excluding hydrogens is 228 g/mol. The van der Waals surface area contributed by atoms with Gasteiger partial charge in [0.1, 0.15) is 5.60 Å². The Morgan fingerprint density at radius 1 is 1.33 bits per heavy atom. The molecule has 4 nitrogen and oxygen atoms in total. The van der Waals surface area contributed by atoms with E-state index in [2.05, 4.69) is 24.3 Å². The van der Waals surface area contributed by atoms with Crippen LogP contribution in [-0.2, 0) is 9.53 Å². The molecule has 1 saturated carbocycles. The van der Waals surface area contributed by atoms with Crippen LogP contribution in [0.1, 0.15) is 46.5 Å². The average molecular weight is 256 g/mol. The van der Waals surface area contributed by atoms with Gasteiger partial charge in [0, 0.05) is 18.6 Å². The van der Waals surface area contributed by atoms with E-state index in [1.807, 2.05) is 20.8 Å². The van der Waals surface area contributed by atoms with Crippen molar-refractivity contribution >= 4 is 5.97 Å². The second kappa shape index (κ2) is 6.02. The first kappa shape index (κ1) is 15.4. The lowest BCUT2D eigenvalue weighted by Gasteiger charge is -2.47. The normalized spacial score (nSPS) is 18.6. The van der Waals surface area contributed by atoms with Gasteiger partial charge in [-0.05, 0) is 54.1 Å². The standard InChI is InChI=1S/C14H28N2O2/c1-13(2,3)18-12(17)7-10-15-11-14(16(4)5)8-6-9-14/h15H,6-11H2,1-5H3. The fourth-order valence-electron chi connectivity index (χ4n) is 2.27. The molecule has 4 heteroatoms. The number of hydrogen-bond acceptors (Lipinski definition) is 4. The van der Waals surface area contributed by atoms with Gasteiger partial charge in [-0.15, -0.1) is 0 Å². The molecule has 18 heavy (non-hydrogen) atoms. The van der Waals surface area contributed by atoms with Crippen molar-refractivity contribution in [3.63, 3.8) is 0 Å². The van der Waals surface area contributed by atoms with Crippen molar-refractivity contribution in [1.29, 1.82) is 0 Å². The van der Waals surface area contributed by atoms with E-state index in [1.165, 1.54) is 19.3 Å². The largest absolute Gasteiger partial charge is 0.460 e. The maximum Gasteiger partial charge on any atom is 0.307 e. The zero-order valence-corrected chi connectivity index (χ0v) is 12.5. The predicted octanol–water partition coefficient (Wildman–Crippen LogP) is 1.79. The van der Waals surface area contributed by atoms with Crippen molar-refractivity contribution in [1.82, 2.24) is 10.2 Å². The molecule has 1 aliphatic carbocycles. The Morgan fingerprint density at radius 2 is 1.94 bits per heavy atom. The minimum atomic E-state index is -0.379. The summed E-state index contributed by atoms with van der Waals surface area (Å²) in [7, 11) is 4.27. The highest BCUT2D eigenvalue weighted by Crippen LogP contribution is 2.35. The summed E-state index contributed by atoms with van der Waals surface area (Å²) in [5.74, 6) is -0.123. The van der Waals surface area contributed by atoms with Crippen molar-refractivity contribution in [2.45, 2.75) is 57.6 Å². The van der Waals surface area contributed by atoms with Crippen LogP contribution in [0.4, 0.5) is 0 Å². The van der Waals surface area contributed by atoms with Gasteiger partial charge in [0.2, 0.25) is 0 Å². The van der Waals surface area contributed by atoms with Crippen LogP contribution in [0.25, 0.3) is 0 Å². The zero-order chi connectivity index (χ0) is 13.8. The molecule has 1 N–H and O–H groups in total. The molecule has 0 aliphatic heterocycles. The van der Waals surface area contributed by atoms with E-state index < -0.39 is 0 Å². The molecule has 1 rings (SSSR count). The summed E-state index contributed by atoms with van der Waals surface area (Å²) >= 11 is 0. The molecule has 0 spiro atoms. The SMILES string of the molecule is CN(C)C1(CNCCC(=O)OC(C)(C)C)CCC1. The smallest absolute Gasteiger partial charge is 0.307 e. The van der Waals surface area contributed by atoms with Gasteiger partial charge in [-0.2, -0.15) is 0 Å². The number of nitrogens with one attached hydrogen (secondary N) is 1. The summed E-state index contributed by atoms with van der Waals surface area (Å²) in [4.78, 5) is 13.8. The number of likely N-dealkylation sites (N-methyl/N-ethyl adjacent to an activating group) is 1. The molecule has 0 aromatic rings. The maximum absolute atomic E-state index is 11.5. The summed E-state index contributed by atoms with van der Waals surface area (Å²) in [5.41, 5.74) is -0.0656. The first-order valence-electron chi connectivity index (χ1n) is 6.85. The van der Waals surface area contributed by atoms with Gasteiger partial charge in [0.15, 0.2) is 0 Å². The molecule has 0 bridgehead atoms. The molecule has 0 unspecified atom stereocenters. The van der Waals surface area contributed by atoms with Crippen molar-refractivity contribution in [2.75, 3.05) is 27.2 Å². The van der Waals surface area contributed by atoms with Crippen LogP contribution in [0.2, 0.25) is 0 Å². The molecule has 0 atom stereocenters. The van der Waals surface area contributed by atoms with Gasteiger partial charge in [0.25, 0.3) is 0 Å². The molecular formula is C14H28N2O2. The first-order valence-corrected chi connectivity index (χ1v) is 6.85. The van der Waals surface area contributed by atoms with Gasteiger partial charge in [0.05, 0.1) is 6.42 Å². The Morgan fingerprint density at radius 3 is 2.33 bits per heavy atom. The second-order valence-corrected chi connectivity index (χ2v) is 6.49. The van der Waals surface area contributed by atoms with E-state index in [9.17, 15) is 4.79 Å². The van der Waals surface area contributed by atoms with E-state index in [1.54, 1.807) is 0 Å². The summed E-state index contributed by atoms with van der Waals surface area (Å²) in [5, 5.41) is 3.38. The Hall–Kier alpha value is -0.610. The molecule has 0 amide bonds. The Kier molecular flexibility index (Phi) is 5.17. The predicted molar refractivity (Wildman–Crippen MR) is 73.6 cm³/mol. The quantitative estimate of drug-likeness (QED) is 0.581. The maximum atomic E-state index is 11.5. The van der Waals surface area contributed by atoms with Gasteiger partial charge < -0.3 is 15.0 Å². The third-order valence-corrected chi connectivity index (χ3v) is 3.61. The van der Waals surface area contributed by atoms with E-state index in [4.69, 9.17) is 4.74 Å². The van der Waals surface area contributed by atoms with Crippen molar-refractivity contribution < 1.29 is 9.53 Å². The minimum Gasteiger partial charge on any atom is -0.460 e. The monoisotopic (exact) mass is 256 g/mol. The fourth-order valence-corrected chi connectivity index (χ4v) is 2.27. The third kappa shape index (κ3) is 4.58. The van der Waals surface area contributed by atoms with Gasteiger partial charge in [-0.25, -0.2) is 0 Å². The van der Waals surface area contributed by atoms with Crippen LogP contribution in [-0.4, -0.2) is 49.2 Å². The van der Waals surface area contributed by atoms with Crippen molar-refractivity contribution in [3.8, 4) is 0 Å². The van der Waals surface area contributed by atoms with Crippen molar-refractivity contribution in [2.24, 2.45) is 0 Å². The number of ether oxygens (including phenoxy) is 1. The van der Waals surface area contributed by atoms with Crippen LogP contribution in [0.15, 0.2) is 0 Å². The number of hydrogen-bond donors (Lipinski definition) is 1. The lowest BCUT2D eigenvalue weighted by molar-refractivity contribution is -0.154. The Bertz CT molecular complexity index is 278. The molecule has 1 fully saturated rings. The lowest BCUT2D eigenvalue weighted by Crippen LogP contribution is -2.56. The summed E-state index contributed by atoms with van der Waals surface area (Å²) in [6, 6.07) is 0. The molecule has 0 saturated heterocycles. The van der Waals surface area contributed by atoms with E-state index >= 15 is 0 Å². The zero-order valence-electron chi connectivity index (χ0n) is 12.5. The highest BCUT2D eigenvalue weighted by Gasteiger charge is 2.38. The number of carbonyl (C=O) groups excluding carboxylic acids is 1. The first-order chi connectivity index (χ1) is 8.25. The Balaban J connectivity index is 2.17. The highest BCUT2D eigenvalue weighted by atomic mass is 16.6. The van der Waals surface area contributed by atoms with Crippen LogP contribution in [0.5, 0.6) is 0 Å². The minimum absolute atomic E-state index is 0.123. The van der Waals surface area contributed by atoms with E-state index in [-0.39, 0.29) is 11.6 Å². The molecule has 106 valence electrons. The van der Waals surface area contributed by atoms with Gasteiger partial charge in [-0.1, -0.05) is 0 Å². The van der Waals surface area contributed by atoms with Crippen LogP contribution in [0.3, 0.4) is 0 Å². The number of rotatable bonds is 6. The Labute approximate surface area is 111 Å². The number of esters is 1. The molecule has 0 radical (unpaired) electrons. The molecule has 0 aromatic heterocycles. The fraction of sp³-hybridized carbons (Fsp3) is 0.929. The number of nitrogens with zero attached hydrogens (tertiary/aromatic N) is 1. The lowest BCUT2D eigenvalue weighted by atomic mass is 9.75. The van der Waals surface area contributed by atoms with Crippen LogP contribution >= 0.6 is 0 Å². The third-order valence-electron chi connectivity index (χ3n) is 3.61. The van der Waals surface area contributed by atoms with Gasteiger partial charge in [-0.3, -0.25) is 4.79 Å². The van der Waals surface area contributed by atoms with E-state index in [0.717, 1.165) is 6.54 Å². The van der Waals surface area contributed by atoms with E-state index in [0.29, 0.717) is 18.5 Å². The van der Waals surface area contributed by atoms with Crippen molar-refractivity contribution in [3.05, 3.63) is 0 Å². The average Bonchev–Trinajstić information content (AvgIpc) is 2.11. The van der Waals surface area contributed by atoms with Gasteiger partial charge >= 0.3 is 5.97 Å². The topological polar surface area (TPSA) is 41.6 Å². The molecule has 1 aliphatic rings. The number of carbonyl (C=O) groups is 1. The second-order valence-electron chi connectivity index (χ2n) is 6.49. The molecule has 0 heterocycles. The van der Waals surface area contributed by atoms with Crippen LogP contribution in [0, 0.1) is 0 Å². The summed E-state index contributed by atoms with van der Waals surface area (Å²) < 4.78 is 5.27. The summed E-state index contributed by atoms with van der Waals surface area (Å²) in [6.07, 6.45) is 4.26.